The summed E-state index contributed by atoms with van der Waals surface area (Å²) in [4.78, 5) is 28.5. The first-order chi connectivity index (χ1) is 14.2. The molecule has 1 heterocycles. The van der Waals surface area contributed by atoms with Crippen LogP contribution in [0, 0.1) is 10.8 Å². The average Bonchev–Trinajstić information content (AvgIpc) is 2.90. The molecule has 31 heavy (non-hydrogen) atoms. The molecule has 3 N–H and O–H groups in total. The summed E-state index contributed by atoms with van der Waals surface area (Å²) < 4.78 is 0. The number of H-pyrrole nitrogens is 1. The Balaban J connectivity index is 2.09. The molecule has 2 aromatic carbocycles. The molecular formula is C24H29Cl2N3O2. The molecule has 0 spiro atoms. The molecule has 0 saturated carbocycles. The second-order valence-electron chi connectivity index (χ2n) is 10.4. The number of aromatic amines is 1. The summed E-state index contributed by atoms with van der Waals surface area (Å²) in [6.07, 6.45) is 0.752. The number of carbonyl (C=O) groups is 2. The predicted octanol–water partition coefficient (Wildman–Crippen LogP) is 7.38. The number of hydrogen-bond donors (Lipinski definition) is 3. The zero-order valence-corrected chi connectivity index (χ0v) is 20.3. The third-order valence-corrected chi connectivity index (χ3v) is 5.11. The van der Waals surface area contributed by atoms with Crippen molar-refractivity contribution >= 4 is 68.2 Å². The van der Waals surface area contributed by atoms with Gasteiger partial charge in [-0.25, -0.2) is 0 Å². The molecule has 0 atom stereocenters. The van der Waals surface area contributed by atoms with Gasteiger partial charge in [0.1, 0.15) is 0 Å². The Bertz CT molecular complexity index is 1080. The zero-order chi connectivity index (χ0) is 23.1. The highest BCUT2D eigenvalue weighted by atomic mass is 35.5. The van der Waals surface area contributed by atoms with Crippen molar-refractivity contribution in [3.8, 4) is 0 Å². The van der Waals surface area contributed by atoms with Gasteiger partial charge >= 0.3 is 0 Å². The molecule has 0 unspecified atom stereocenters. The summed E-state index contributed by atoms with van der Waals surface area (Å²) >= 11 is 12.7. The van der Waals surface area contributed by atoms with Crippen molar-refractivity contribution in [2.75, 3.05) is 10.6 Å². The van der Waals surface area contributed by atoms with Crippen LogP contribution in [-0.4, -0.2) is 16.8 Å². The van der Waals surface area contributed by atoms with Crippen LogP contribution in [0.5, 0.6) is 0 Å². The molecular weight excluding hydrogens is 433 g/mol. The summed E-state index contributed by atoms with van der Waals surface area (Å²) in [5.74, 6) is -0.182. The fourth-order valence-corrected chi connectivity index (χ4v) is 4.02. The lowest BCUT2D eigenvalue weighted by Gasteiger charge is -2.17. The number of fused-ring (bicyclic) bond motifs is 3. The summed E-state index contributed by atoms with van der Waals surface area (Å²) in [5.41, 5.74) is 2.37. The summed E-state index contributed by atoms with van der Waals surface area (Å²) in [5, 5.41) is 8.59. The molecule has 0 aliphatic carbocycles. The zero-order valence-electron chi connectivity index (χ0n) is 18.8. The minimum Gasteiger partial charge on any atom is -0.351 e. The highest BCUT2D eigenvalue weighted by molar-refractivity contribution is 6.34. The molecule has 1 aromatic heterocycles. The lowest BCUT2D eigenvalue weighted by molar-refractivity contribution is -0.118. The number of carbonyl (C=O) groups excluding carboxylic acids is 2. The number of rotatable bonds is 4. The van der Waals surface area contributed by atoms with Crippen molar-refractivity contribution in [1.82, 2.24) is 4.98 Å². The van der Waals surface area contributed by atoms with Gasteiger partial charge < -0.3 is 15.6 Å². The van der Waals surface area contributed by atoms with Gasteiger partial charge in [0.2, 0.25) is 11.8 Å². The second kappa shape index (κ2) is 8.36. The minimum atomic E-state index is -0.139. The highest BCUT2D eigenvalue weighted by Crippen LogP contribution is 2.38. The molecule has 3 rings (SSSR count). The molecule has 0 saturated heterocycles. The van der Waals surface area contributed by atoms with Crippen molar-refractivity contribution < 1.29 is 9.59 Å². The average molecular weight is 462 g/mol. The minimum absolute atomic E-state index is 0.0912. The van der Waals surface area contributed by atoms with Crippen LogP contribution in [0.1, 0.15) is 54.4 Å². The lowest BCUT2D eigenvalue weighted by Crippen LogP contribution is -2.20. The Hall–Kier alpha value is -2.24. The van der Waals surface area contributed by atoms with Crippen LogP contribution >= 0.6 is 23.2 Å². The monoisotopic (exact) mass is 461 g/mol. The van der Waals surface area contributed by atoms with E-state index in [1.807, 2.05) is 53.7 Å². The van der Waals surface area contributed by atoms with Crippen LogP contribution in [-0.2, 0) is 9.59 Å². The Kier molecular flexibility index (Phi) is 6.32. The van der Waals surface area contributed by atoms with Crippen LogP contribution in [0.4, 0.5) is 11.4 Å². The van der Waals surface area contributed by atoms with Gasteiger partial charge in [-0.3, -0.25) is 9.59 Å². The standard InChI is InChI=1S/C24H29Cl2N3O2/c1-23(2,3)11-19(30)27-17-9-13(25)7-15-16-8-14(26)10-18(22(16)29-21(15)17)28-20(31)12-24(4,5)6/h7-10,29H,11-12H2,1-6H3,(H,27,30)(H,28,31). The van der Waals surface area contributed by atoms with E-state index in [0.717, 1.165) is 21.8 Å². The molecule has 0 fully saturated rings. The molecule has 0 bridgehead atoms. The fourth-order valence-electron chi connectivity index (χ4n) is 3.58. The van der Waals surface area contributed by atoms with Gasteiger partial charge in [0.15, 0.2) is 0 Å². The number of nitrogens with one attached hydrogen (secondary N) is 3. The largest absolute Gasteiger partial charge is 0.351 e. The molecule has 5 nitrogen and oxygen atoms in total. The number of halogens is 2. The Morgan fingerprint density at radius 3 is 1.42 bits per heavy atom. The SMILES string of the molecule is CC(C)(C)CC(=O)Nc1cc(Cl)cc2c1[nH]c1c(NC(=O)CC(C)(C)C)cc(Cl)cc12. The normalized spacial score (nSPS) is 12.4. The van der Waals surface area contributed by atoms with E-state index in [1.165, 1.54) is 0 Å². The van der Waals surface area contributed by atoms with Crippen molar-refractivity contribution in [1.29, 1.82) is 0 Å². The molecule has 3 aromatic rings. The maximum Gasteiger partial charge on any atom is 0.224 e. The molecule has 7 heteroatoms. The Morgan fingerprint density at radius 1 is 0.742 bits per heavy atom. The van der Waals surface area contributed by atoms with Crippen molar-refractivity contribution in [2.24, 2.45) is 10.8 Å². The highest BCUT2D eigenvalue weighted by Gasteiger charge is 2.20. The van der Waals surface area contributed by atoms with E-state index in [4.69, 9.17) is 23.2 Å². The third-order valence-electron chi connectivity index (χ3n) is 4.68. The van der Waals surface area contributed by atoms with Crippen LogP contribution in [0.25, 0.3) is 21.8 Å². The van der Waals surface area contributed by atoms with Crippen LogP contribution < -0.4 is 10.6 Å². The number of benzene rings is 2. The van der Waals surface area contributed by atoms with E-state index in [0.29, 0.717) is 34.3 Å². The quantitative estimate of drug-likeness (QED) is 0.379. The number of amides is 2. The van der Waals surface area contributed by atoms with Gasteiger partial charge in [0.05, 0.1) is 22.4 Å². The molecule has 166 valence electrons. The van der Waals surface area contributed by atoms with Gasteiger partial charge in [-0.05, 0) is 35.1 Å². The summed E-state index contributed by atoms with van der Waals surface area (Å²) in [7, 11) is 0. The molecule has 2 amide bonds. The van der Waals surface area contributed by atoms with E-state index in [2.05, 4.69) is 15.6 Å². The first kappa shape index (κ1) is 23.4. The van der Waals surface area contributed by atoms with Crippen molar-refractivity contribution in [2.45, 2.75) is 54.4 Å². The molecule has 0 radical (unpaired) electrons. The smallest absolute Gasteiger partial charge is 0.224 e. The number of hydrogen-bond acceptors (Lipinski definition) is 2. The first-order valence-corrected chi connectivity index (χ1v) is 11.0. The maximum atomic E-state index is 12.6. The number of anilines is 2. The van der Waals surface area contributed by atoms with Crippen LogP contribution in [0.3, 0.4) is 0 Å². The van der Waals surface area contributed by atoms with E-state index < -0.39 is 0 Å². The lowest BCUT2D eigenvalue weighted by atomic mass is 9.92. The van der Waals surface area contributed by atoms with Crippen LogP contribution in [0.15, 0.2) is 24.3 Å². The van der Waals surface area contributed by atoms with Crippen molar-refractivity contribution in [3.05, 3.63) is 34.3 Å². The summed E-state index contributed by atoms with van der Waals surface area (Å²) in [6, 6.07) is 7.09. The second-order valence-corrected chi connectivity index (χ2v) is 11.3. The van der Waals surface area contributed by atoms with Gasteiger partial charge in [-0.2, -0.15) is 0 Å². The first-order valence-electron chi connectivity index (χ1n) is 10.3. The maximum absolute atomic E-state index is 12.6. The Labute approximate surface area is 192 Å². The molecule has 0 aliphatic rings. The van der Waals surface area contributed by atoms with Gasteiger partial charge in [0, 0.05) is 33.7 Å². The van der Waals surface area contributed by atoms with E-state index in [1.54, 1.807) is 12.1 Å². The molecule has 0 aliphatic heterocycles. The van der Waals surface area contributed by atoms with Gasteiger partial charge in [-0.1, -0.05) is 64.7 Å². The van der Waals surface area contributed by atoms with Crippen LogP contribution in [0.2, 0.25) is 10.0 Å². The van der Waals surface area contributed by atoms with Gasteiger partial charge in [0.25, 0.3) is 0 Å². The topological polar surface area (TPSA) is 74.0 Å². The fraction of sp³-hybridized carbons (Fsp3) is 0.417. The van der Waals surface area contributed by atoms with E-state index >= 15 is 0 Å². The van der Waals surface area contributed by atoms with Crippen molar-refractivity contribution in [3.63, 3.8) is 0 Å². The third kappa shape index (κ3) is 5.92. The Morgan fingerprint density at radius 2 is 1.10 bits per heavy atom. The number of aromatic nitrogens is 1. The predicted molar refractivity (Wildman–Crippen MR) is 131 cm³/mol. The van der Waals surface area contributed by atoms with Gasteiger partial charge in [-0.15, -0.1) is 0 Å². The van der Waals surface area contributed by atoms with E-state index in [-0.39, 0.29) is 22.6 Å². The van der Waals surface area contributed by atoms with E-state index in [9.17, 15) is 9.59 Å². The summed E-state index contributed by atoms with van der Waals surface area (Å²) in [6.45, 7) is 12.1.